The quantitative estimate of drug-likeness (QED) is 0.774. The summed E-state index contributed by atoms with van der Waals surface area (Å²) in [5, 5.41) is 3.40. The van der Waals surface area contributed by atoms with Gasteiger partial charge in [-0.15, -0.1) is 0 Å². The number of carbonyl (C=O) groups excluding carboxylic acids is 2. The van der Waals surface area contributed by atoms with Crippen LogP contribution >= 0.6 is 11.6 Å². The molecular weight excluding hydrogens is 338 g/mol. The number of carbonyl (C=O) groups is 2. The second kappa shape index (κ2) is 7.70. The first-order valence-corrected chi connectivity index (χ1v) is 8.72. The van der Waals surface area contributed by atoms with E-state index in [1.807, 2.05) is 42.5 Å². The Morgan fingerprint density at radius 1 is 1.04 bits per heavy atom. The molecule has 5 heteroatoms. The monoisotopic (exact) mass is 357 g/mol. The Labute approximate surface area is 152 Å². The molecule has 0 aromatic heterocycles. The fraction of sp³-hybridized carbons (Fsp3) is 0.300. The van der Waals surface area contributed by atoms with Gasteiger partial charge in [-0.1, -0.05) is 54.1 Å². The fourth-order valence-electron chi connectivity index (χ4n) is 2.82. The lowest BCUT2D eigenvalue weighted by Crippen LogP contribution is -2.33. The summed E-state index contributed by atoms with van der Waals surface area (Å²) in [6.07, 6.45) is 2.22. The van der Waals surface area contributed by atoms with Crippen LogP contribution in [0.4, 0.5) is 0 Å². The van der Waals surface area contributed by atoms with Crippen molar-refractivity contribution in [3.8, 4) is 0 Å². The highest BCUT2D eigenvalue weighted by Crippen LogP contribution is 2.49. The SMILES string of the molecule is O=C(COC(=O)C1(c2ccc(Cl)cc2)CC1)NCCc1ccccc1. The summed E-state index contributed by atoms with van der Waals surface area (Å²) in [6, 6.07) is 17.1. The molecule has 0 radical (unpaired) electrons. The van der Waals surface area contributed by atoms with Crippen LogP contribution in [0.3, 0.4) is 0 Å². The van der Waals surface area contributed by atoms with Gasteiger partial charge in [0.2, 0.25) is 0 Å². The molecule has 0 saturated heterocycles. The predicted molar refractivity (Wildman–Crippen MR) is 96.5 cm³/mol. The second-order valence-electron chi connectivity index (χ2n) is 6.25. The number of esters is 1. The molecule has 25 heavy (non-hydrogen) atoms. The van der Waals surface area contributed by atoms with E-state index in [0.717, 1.165) is 30.4 Å². The van der Waals surface area contributed by atoms with Gasteiger partial charge in [0, 0.05) is 11.6 Å². The minimum absolute atomic E-state index is 0.247. The van der Waals surface area contributed by atoms with E-state index in [2.05, 4.69) is 5.32 Å². The third-order valence-electron chi connectivity index (χ3n) is 4.45. The van der Waals surface area contributed by atoms with Crippen LogP contribution in [-0.4, -0.2) is 25.0 Å². The van der Waals surface area contributed by atoms with Gasteiger partial charge in [0.05, 0.1) is 5.41 Å². The van der Waals surface area contributed by atoms with Crippen molar-refractivity contribution in [2.24, 2.45) is 0 Å². The maximum atomic E-state index is 12.4. The summed E-state index contributed by atoms with van der Waals surface area (Å²) < 4.78 is 5.23. The Hall–Kier alpha value is -2.33. The highest BCUT2D eigenvalue weighted by molar-refractivity contribution is 6.30. The van der Waals surface area contributed by atoms with Crippen LogP contribution in [0.25, 0.3) is 0 Å². The van der Waals surface area contributed by atoms with Crippen LogP contribution in [0.5, 0.6) is 0 Å². The predicted octanol–water partition coefficient (Wildman–Crippen LogP) is 3.27. The number of nitrogens with one attached hydrogen (secondary N) is 1. The van der Waals surface area contributed by atoms with Gasteiger partial charge in [-0.05, 0) is 42.5 Å². The average Bonchev–Trinajstić information content (AvgIpc) is 3.43. The molecule has 3 rings (SSSR count). The van der Waals surface area contributed by atoms with Crippen LogP contribution in [0, 0.1) is 0 Å². The van der Waals surface area contributed by atoms with Crippen molar-refractivity contribution in [3.05, 3.63) is 70.7 Å². The Morgan fingerprint density at radius 3 is 2.36 bits per heavy atom. The third-order valence-corrected chi connectivity index (χ3v) is 4.70. The van der Waals surface area contributed by atoms with Crippen LogP contribution in [0.1, 0.15) is 24.0 Å². The summed E-state index contributed by atoms with van der Waals surface area (Å²) in [5.74, 6) is -0.621. The minimum Gasteiger partial charge on any atom is -0.455 e. The van der Waals surface area contributed by atoms with Crippen LogP contribution < -0.4 is 5.32 Å². The van der Waals surface area contributed by atoms with E-state index in [9.17, 15) is 9.59 Å². The molecule has 2 aromatic carbocycles. The van der Waals surface area contributed by atoms with Gasteiger partial charge >= 0.3 is 5.97 Å². The zero-order valence-electron chi connectivity index (χ0n) is 13.8. The Kier molecular flexibility index (Phi) is 5.39. The lowest BCUT2D eigenvalue weighted by molar-refractivity contribution is -0.151. The molecule has 0 spiro atoms. The van der Waals surface area contributed by atoms with Gasteiger partial charge in [0.1, 0.15) is 0 Å². The normalized spacial score (nSPS) is 14.6. The average molecular weight is 358 g/mol. The number of hydrogen-bond acceptors (Lipinski definition) is 3. The lowest BCUT2D eigenvalue weighted by Gasteiger charge is -2.15. The smallest absolute Gasteiger partial charge is 0.317 e. The Morgan fingerprint density at radius 2 is 1.72 bits per heavy atom. The van der Waals surface area contributed by atoms with Gasteiger partial charge in [-0.2, -0.15) is 0 Å². The lowest BCUT2D eigenvalue weighted by atomic mass is 9.96. The van der Waals surface area contributed by atoms with Crippen molar-refractivity contribution >= 4 is 23.5 Å². The van der Waals surface area contributed by atoms with E-state index in [-0.39, 0.29) is 18.5 Å². The van der Waals surface area contributed by atoms with E-state index in [1.54, 1.807) is 12.1 Å². The Bertz CT molecular complexity index is 739. The molecule has 1 aliphatic rings. The van der Waals surface area contributed by atoms with Crippen molar-refractivity contribution in [1.29, 1.82) is 0 Å². The first-order valence-electron chi connectivity index (χ1n) is 8.34. The summed E-state index contributed by atoms with van der Waals surface area (Å²) in [6.45, 7) is 0.270. The van der Waals surface area contributed by atoms with Gasteiger partial charge in [0.25, 0.3) is 5.91 Å². The molecule has 0 bridgehead atoms. The second-order valence-corrected chi connectivity index (χ2v) is 6.69. The molecule has 1 N–H and O–H groups in total. The number of ether oxygens (including phenoxy) is 1. The number of rotatable bonds is 7. The minimum atomic E-state index is -0.602. The standard InChI is InChI=1S/C20H20ClNO3/c21-17-8-6-16(7-9-17)20(11-12-20)19(24)25-14-18(23)22-13-10-15-4-2-1-3-5-15/h1-9H,10-14H2,(H,22,23). The van der Waals surface area contributed by atoms with Crippen molar-refractivity contribution in [1.82, 2.24) is 5.32 Å². The zero-order valence-corrected chi connectivity index (χ0v) is 14.6. The highest BCUT2D eigenvalue weighted by Gasteiger charge is 2.52. The van der Waals surface area contributed by atoms with Gasteiger partial charge in [-0.3, -0.25) is 9.59 Å². The van der Waals surface area contributed by atoms with Gasteiger partial charge < -0.3 is 10.1 Å². The van der Waals surface area contributed by atoms with Crippen molar-refractivity contribution in [3.63, 3.8) is 0 Å². The molecule has 1 saturated carbocycles. The topological polar surface area (TPSA) is 55.4 Å². The fourth-order valence-corrected chi connectivity index (χ4v) is 2.94. The molecule has 0 heterocycles. The van der Waals surface area contributed by atoms with E-state index >= 15 is 0 Å². The molecule has 0 unspecified atom stereocenters. The molecule has 1 amide bonds. The molecule has 2 aromatic rings. The summed E-state index contributed by atoms with van der Waals surface area (Å²) >= 11 is 5.89. The zero-order chi connectivity index (χ0) is 17.7. The first-order chi connectivity index (χ1) is 12.1. The molecule has 130 valence electrons. The Balaban J connectivity index is 1.44. The summed E-state index contributed by atoms with van der Waals surface area (Å²) in [4.78, 5) is 24.2. The van der Waals surface area contributed by atoms with E-state index in [0.29, 0.717) is 11.6 Å². The van der Waals surface area contributed by atoms with Crippen molar-refractivity contribution in [2.45, 2.75) is 24.7 Å². The largest absolute Gasteiger partial charge is 0.455 e. The number of benzene rings is 2. The van der Waals surface area contributed by atoms with E-state index in [1.165, 1.54) is 0 Å². The maximum Gasteiger partial charge on any atom is 0.317 e. The van der Waals surface area contributed by atoms with Crippen LogP contribution in [-0.2, 0) is 26.2 Å². The van der Waals surface area contributed by atoms with Gasteiger partial charge in [0.15, 0.2) is 6.61 Å². The molecule has 1 aliphatic carbocycles. The van der Waals surface area contributed by atoms with E-state index in [4.69, 9.17) is 16.3 Å². The van der Waals surface area contributed by atoms with Crippen LogP contribution in [0.2, 0.25) is 5.02 Å². The summed E-state index contributed by atoms with van der Waals surface area (Å²) in [5.41, 5.74) is 1.44. The number of hydrogen-bond donors (Lipinski definition) is 1. The molecule has 0 aliphatic heterocycles. The third kappa shape index (κ3) is 4.40. The van der Waals surface area contributed by atoms with Gasteiger partial charge in [-0.25, -0.2) is 0 Å². The van der Waals surface area contributed by atoms with Crippen LogP contribution in [0.15, 0.2) is 54.6 Å². The molecular formula is C20H20ClNO3. The number of amides is 1. The highest BCUT2D eigenvalue weighted by atomic mass is 35.5. The first kappa shape index (κ1) is 17.5. The van der Waals surface area contributed by atoms with Crippen molar-refractivity contribution < 1.29 is 14.3 Å². The van der Waals surface area contributed by atoms with E-state index < -0.39 is 5.41 Å². The molecule has 4 nitrogen and oxygen atoms in total. The molecule has 1 fully saturated rings. The number of halogens is 1. The van der Waals surface area contributed by atoms with Crippen molar-refractivity contribution in [2.75, 3.05) is 13.2 Å². The maximum absolute atomic E-state index is 12.4. The summed E-state index contributed by atoms with van der Waals surface area (Å²) in [7, 11) is 0. The molecule has 0 atom stereocenters.